The van der Waals surface area contributed by atoms with E-state index in [1.54, 1.807) is 0 Å². The maximum Gasteiger partial charge on any atom is 0.228 e. The highest BCUT2D eigenvalue weighted by molar-refractivity contribution is 4.94. The molecule has 1 aliphatic carbocycles. The van der Waals surface area contributed by atoms with Gasteiger partial charge in [0.1, 0.15) is 0 Å². The minimum Gasteiger partial charge on any atom is -0.339 e. The number of rotatable bonds is 8. The summed E-state index contributed by atoms with van der Waals surface area (Å²) in [5, 5.41) is 4.02. The van der Waals surface area contributed by atoms with Gasteiger partial charge < -0.3 is 15.2 Å². The highest BCUT2D eigenvalue weighted by atomic mass is 16.5. The zero-order valence-corrected chi connectivity index (χ0v) is 11.4. The summed E-state index contributed by atoms with van der Waals surface area (Å²) in [4.78, 5) is 6.77. The molecule has 0 aliphatic heterocycles. The Balaban J connectivity index is 1.78. The maximum atomic E-state index is 6.05. The number of aromatic nitrogens is 2. The lowest BCUT2D eigenvalue weighted by molar-refractivity contribution is 0.302. The van der Waals surface area contributed by atoms with E-state index in [1.807, 2.05) is 0 Å². The van der Waals surface area contributed by atoms with Crippen molar-refractivity contribution in [3.8, 4) is 0 Å². The van der Waals surface area contributed by atoms with Crippen LogP contribution in [0.15, 0.2) is 4.52 Å². The van der Waals surface area contributed by atoms with Gasteiger partial charge in [-0.05, 0) is 31.8 Å². The highest BCUT2D eigenvalue weighted by Gasteiger charge is 2.29. The first-order valence-electron chi connectivity index (χ1n) is 7.02. The van der Waals surface area contributed by atoms with E-state index in [0.29, 0.717) is 11.8 Å². The smallest absolute Gasteiger partial charge is 0.228 e. The van der Waals surface area contributed by atoms with E-state index in [1.165, 1.54) is 12.8 Å². The van der Waals surface area contributed by atoms with Crippen molar-refractivity contribution in [2.75, 3.05) is 19.6 Å². The summed E-state index contributed by atoms with van der Waals surface area (Å²) in [6, 6.07) is 0.195. The summed E-state index contributed by atoms with van der Waals surface area (Å²) in [7, 11) is 0. The molecule has 18 heavy (non-hydrogen) atoms. The zero-order chi connectivity index (χ0) is 13.0. The third-order valence-corrected chi connectivity index (χ3v) is 3.69. The molecule has 1 heterocycles. The maximum absolute atomic E-state index is 6.05. The second kappa shape index (κ2) is 6.29. The lowest BCUT2D eigenvalue weighted by Gasteiger charge is -2.16. The van der Waals surface area contributed by atoms with Crippen LogP contribution in [0, 0.1) is 5.92 Å². The van der Waals surface area contributed by atoms with Crippen LogP contribution in [0.25, 0.3) is 0 Å². The van der Waals surface area contributed by atoms with Crippen molar-refractivity contribution in [1.82, 2.24) is 15.0 Å². The Kier molecular flexibility index (Phi) is 4.72. The number of nitrogens with two attached hydrogens (primary N) is 1. The van der Waals surface area contributed by atoms with Gasteiger partial charge in [0.15, 0.2) is 5.82 Å². The molecule has 1 saturated carbocycles. The Morgan fingerprint density at radius 1 is 1.39 bits per heavy atom. The largest absolute Gasteiger partial charge is 0.339 e. The first kappa shape index (κ1) is 13.5. The molecule has 1 aromatic heterocycles. The van der Waals surface area contributed by atoms with Crippen LogP contribution in [0.1, 0.15) is 38.4 Å². The molecule has 1 aliphatic rings. The molecule has 102 valence electrons. The standard InChI is InChI=1S/C13H24N4O/c1-3-17(4-2)8-7-12-15-13(18-16-12)9-11(14)10-5-6-10/h10-11H,3-9,14H2,1-2H3. The van der Waals surface area contributed by atoms with Gasteiger partial charge in [0.2, 0.25) is 5.89 Å². The molecular formula is C13H24N4O. The van der Waals surface area contributed by atoms with Gasteiger partial charge in [0, 0.05) is 25.4 Å². The van der Waals surface area contributed by atoms with Crippen molar-refractivity contribution >= 4 is 0 Å². The number of hydrogen-bond donors (Lipinski definition) is 1. The second-order valence-corrected chi connectivity index (χ2v) is 5.09. The molecule has 2 rings (SSSR count). The first-order valence-corrected chi connectivity index (χ1v) is 7.02. The fourth-order valence-corrected chi connectivity index (χ4v) is 2.17. The Morgan fingerprint density at radius 2 is 2.11 bits per heavy atom. The summed E-state index contributed by atoms with van der Waals surface area (Å²) in [5.41, 5.74) is 6.05. The van der Waals surface area contributed by atoms with Crippen molar-refractivity contribution in [1.29, 1.82) is 0 Å². The van der Waals surface area contributed by atoms with Crippen molar-refractivity contribution in [3.63, 3.8) is 0 Å². The van der Waals surface area contributed by atoms with Gasteiger partial charge >= 0.3 is 0 Å². The summed E-state index contributed by atoms with van der Waals surface area (Å²) >= 11 is 0. The lowest BCUT2D eigenvalue weighted by atomic mass is 10.1. The number of nitrogens with zero attached hydrogens (tertiary/aromatic N) is 3. The highest BCUT2D eigenvalue weighted by Crippen LogP contribution is 2.32. The van der Waals surface area contributed by atoms with Crippen molar-refractivity contribution in [2.45, 2.75) is 45.6 Å². The van der Waals surface area contributed by atoms with Gasteiger partial charge in [-0.25, -0.2) is 0 Å². The quantitative estimate of drug-likeness (QED) is 0.753. The fraction of sp³-hybridized carbons (Fsp3) is 0.846. The van der Waals surface area contributed by atoms with Crippen LogP contribution in [-0.2, 0) is 12.8 Å². The third kappa shape index (κ3) is 3.78. The Morgan fingerprint density at radius 3 is 2.72 bits per heavy atom. The molecule has 2 N–H and O–H groups in total. The predicted octanol–water partition coefficient (Wildman–Crippen LogP) is 1.23. The second-order valence-electron chi connectivity index (χ2n) is 5.09. The average molecular weight is 252 g/mol. The molecule has 5 nitrogen and oxygen atoms in total. The van der Waals surface area contributed by atoms with E-state index in [9.17, 15) is 0 Å². The molecule has 1 fully saturated rings. The van der Waals surface area contributed by atoms with E-state index in [0.717, 1.165) is 38.3 Å². The molecular weight excluding hydrogens is 228 g/mol. The molecule has 0 radical (unpaired) electrons. The van der Waals surface area contributed by atoms with Gasteiger partial charge in [0.25, 0.3) is 0 Å². The van der Waals surface area contributed by atoms with Gasteiger partial charge in [0.05, 0.1) is 0 Å². The molecule has 1 atom stereocenters. The molecule has 0 aromatic carbocycles. The van der Waals surface area contributed by atoms with Gasteiger partial charge in [-0.2, -0.15) is 4.98 Å². The Bertz CT molecular complexity index is 358. The minimum atomic E-state index is 0.195. The van der Waals surface area contributed by atoms with E-state index in [2.05, 4.69) is 28.9 Å². The van der Waals surface area contributed by atoms with Gasteiger partial charge in [-0.1, -0.05) is 19.0 Å². The van der Waals surface area contributed by atoms with E-state index in [4.69, 9.17) is 10.3 Å². The van der Waals surface area contributed by atoms with E-state index in [-0.39, 0.29) is 6.04 Å². The van der Waals surface area contributed by atoms with Crippen molar-refractivity contribution < 1.29 is 4.52 Å². The molecule has 0 bridgehead atoms. The molecule has 0 spiro atoms. The third-order valence-electron chi connectivity index (χ3n) is 3.69. The average Bonchev–Trinajstić information content (AvgIpc) is 3.13. The van der Waals surface area contributed by atoms with Crippen LogP contribution < -0.4 is 5.73 Å². The summed E-state index contributed by atoms with van der Waals surface area (Å²) in [6.45, 7) is 7.45. The molecule has 0 amide bonds. The van der Waals surface area contributed by atoms with Crippen LogP contribution in [0.2, 0.25) is 0 Å². The molecule has 1 aromatic rings. The van der Waals surface area contributed by atoms with Gasteiger partial charge in [-0.3, -0.25) is 0 Å². The summed E-state index contributed by atoms with van der Waals surface area (Å²) < 4.78 is 5.25. The van der Waals surface area contributed by atoms with Crippen LogP contribution in [0.3, 0.4) is 0 Å². The molecule has 5 heteroatoms. The zero-order valence-electron chi connectivity index (χ0n) is 11.4. The monoisotopic (exact) mass is 252 g/mol. The summed E-state index contributed by atoms with van der Waals surface area (Å²) in [5.74, 6) is 2.18. The SMILES string of the molecule is CCN(CC)CCc1noc(CC(N)C2CC2)n1. The predicted molar refractivity (Wildman–Crippen MR) is 70.2 cm³/mol. The summed E-state index contributed by atoms with van der Waals surface area (Å²) in [6.07, 6.45) is 4.08. The number of likely N-dealkylation sites (N-methyl/N-ethyl adjacent to an activating group) is 1. The van der Waals surface area contributed by atoms with Crippen LogP contribution in [0.5, 0.6) is 0 Å². The molecule has 0 saturated heterocycles. The number of hydrogen-bond acceptors (Lipinski definition) is 5. The lowest BCUT2D eigenvalue weighted by Crippen LogP contribution is -2.26. The topological polar surface area (TPSA) is 68.2 Å². The fourth-order valence-electron chi connectivity index (χ4n) is 2.17. The van der Waals surface area contributed by atoms with Crippen molar-refractivity contribution in [3.05, 3.63) is 11.7 Å². The van der Waals surface area contributed by atoms with Crippen LogP contribution in [-0.4, -0.2) is 40.7 Å². The van der Waals surface area contributed by atoms with E-state index < -0.39 is 0 Å². The van der Waals surface area contributed by atoms with Gasteiger partial charge in [-0.15, -0.1) is 0 Å². The normalized spacial score (nSPS) is 17.3. The van der Waals surface area contributed by atoms with E-state index >= 15 is 0 Å². The van der Waals surface area contributed by atoms with Crippen LogP contribution >= 0.6 is 0 Å². The minimum absolute atomic E-state index is 0.195. The molecule has 1 unspecified atom stereocenters. The van der Waals surface area contributed by atoms with Crippen molar-refractivity contribution in [2.24, 2.45) is 11.7 Å². The Labute approximate surface area is 109 Å². The Hall–Kier alpha value is -0.940. The first-order chi connectivity index (χ1) is 8.72. The van der Waals surface area contributed by atoms with Crippen LogP contribution in [0.4, 0.5) is 0 Å².